The van der Waals surface area contributed by atoms with Gasteiger partial charge in [-0.15, -0.1) is 0 Å². The molecule has 4 nitrogen and oxygen atoms in total. The van der Waals surface area contributed by atoms with E-state index >= 15 is 0 Å². The number of nitrogens with one attached hydrogen (secondary N) is 1. The lowest BCUT2D eigenvalue weighted by molar-refractivity contribution is -0.140. The lowest BCUT2D eigenvalue weighted by atomic mass is 9.86. The van der Waals surface area contributed by atoms with E-state index in [4.69, 9.17) is 5.73 Å². The van der Waals surface area contributed by atoms with Crippen molar-refractivity contribution in [1.29, 1.82) is 0 Å². The van der Waals surface area contributed by atoms with Gasteiger partial charge in [0, 0.05) is 19.1 Å². The van der Waals surface area contributed by atoms with E-state index in [1.807, 2.05) is 4.90 Å². The van der Waals surface area contributed by atoms with Gasteiger partial charge in [0.25, 0.3) is 0 Å². The number of rotatable bonds is 2. The molecule has 4 heteroatoms. The summed E-state index contributed by atoms with van der Waals surface area (Å²) in [5.41, 5.74) is 5.62. The average molecular weight is 253 g/mol. The second-order valence-corrected chi connectivity index (χ2v) is 6.20. The fourth-order valence-corrected chi connectivity index (χ4v) is 3.22. The van der Waals surface area contributed by atoms with Crippen molar-refractivity contribution >= 4 is 5.91 Å². The van der Waals surface area contributed by atoms with Crippen molar-refractivity contribution in [3.8, 4) is 0 Å². The smallest absolute Gasteiger partial charge is 0.242 e. The van der Waals surface area contributed by atoms with E-state index < -0.39 is 0 Å². The van der Waals surface area contributed by atoms with Crippen molar-refractivity contribution in [2.45, 2.75) is 57.5 Å². The Kier molecular flexibility index (Phi) is 4.28. The molecule has 2 heterocycles. The zero-order valence-electron chi connectivity index (χ0n) is 11.7. The Labute approximate surface area is 110 Å². The number of nitrogens with two attached hydrogens (primary N) is 1. The summed E-state index contributed by atoms with van der Waals surface area (Å²) in [5.74, 6) is 0.881. The monoisotopic (exact) mass is 253 g/mol. The number of nitrogens with zero attached hydrogens (tertiary/aromatic N) is 1. The lowest BCUT2D eigenvalue weighted by Crippen LogP contribution is -2.59. The third kappa shape index (κ3) is 2.86. The van der Waals surface area contributed by atoms with Crippen LogP contribution in [-0.2, 0) is 4.79 Å². The van der Waals surface area contributed by atoms with Crippen LogP contribution in [-0.4, -0.2) is 42.0 Å². The van der Waals surface area contributed by atoms with Crippen LogP contribution < -0.4 is 11.1 Å². The van der Waals surface area contributed by atoms with E-state index in [2.05, 4.69) is 19.2 Å². The highest BCUT2D eigenvalue weighted by Crippen LogP contribution is 2.25. The number of hydrogen-bond acceptors (Lipinski definition) is 3. The van der Waals surface area contributed by atoms with Gasteiger partial charge in [-0.25, -0.2) is 0 Å². The van der Waals surface area contributed by atoms with Crippen LogP contribution in [0.2, 0.25) is 0 Å². The Morgan fingerprint density at radius 2 is 2.06 bits per heavy atom. The molecule has 0 bridgehead atoms. The molecular weight excluding hydrogens is 226 g/mol. The zero-order chi connectivity index (χ0) is 13.2. The number of likely N-dealkylation sites (tertiary alicyclic amines) is 1. The molecular formula is C14H27N3O. The van der Waals surface area contributed by atoms with Crippen molar-refractivity contribution in [3.63, 3.8) is 0 Å². The fourth-order valence-electron chi connectivity index (χ4n) is 3.22. The Balaban J connectivity index is 1.90. The highest BCUT2D eigenvalue weighted by Gasteiger charge is 2.38. The highest BCUT2D eigenvalue weighted by atomic mass is 16.2. The quantitative estimate of drug-likeness (QED) is 0.775. The normalized spacial score (nSPS) is 32.3. The van der Waals surface area contributed by atoms with E-state index in [0.29, 0.717) is 11.8 Å². The van der Waals surface area contributed by atoms with Gasteiger partial charge in [-0.2, -0.15) is 0 Å². The molecule has 2 rings (SSSR count). The molecule has 2 aliphatic rings. The number of piperidine rings is 2. The summed E-state index contributed by atoms with van der Waals surface area (Å²) in [6.45, 7) is 6.86. The predicted molar refractivity (Wildman–Crippen MR) is 73.2 cm³/mol. The molecule has 0 saturated carbocycles. The van der Waals surface area contributed by atoms with Crippen LogP contribution >= 0.6 is 0 Å². The highest BCUT2D eigenvalue weighted by molar-refractivity contribution is 5.86. The van der Waals surface area contributed by atoms with Gasteiger partial charge in [0.1, 0.15) is 0 Å². The number of hydrogen-bond donors (Lipinski definition) is 2. The third-order valence-electron chi connectivity index (χ3n) is 4.66. The molecule has 1 amide bonds. The Hall–Kier alpha value is -0.610. The molecule has 0 aromatic heterocycles. The minimum atomic E-state index is -0.320. The second-order valence-electron chi connectivity index (χ2n) is 6.20. The first kappa shape index (κ1) is 13.8. The second kappa shape index (κ2) is 5.57. The van der Waals surface area contributed by atoms with Gasteiger partial charge < -0.3 is 16.0 Å². The average Bonchev–Trinajstić information content (AvgIpc) is 2.39. The van der Waals surface area contributed by atoms with Gasteiger partial charge in [-0.1, -0.05) is 0 Å². The van der Waals surface area contributed by atoms with Crippen molar-refractivity contribution in [2.24, 2.45) is 11.7 Å². The first-order valence-corrected chi connectivity index (χ1v) is 7.33. The first-order chi connectivity index (χ1) is 8.53. The van der Waals surface area contributed by atoms with Crippen LogP contribution in [0.5, 0.6) is 0 Å². The summed E-state index contributed by atoms with van der Waals surface area (Å²) in [4.78, 5) is 14.6. The van der Waals surface area contributed by atoms with Gasteiger partial charge in [-0.3, -0.25) is 4.79 Å². The zero-order valence-corrected chi connectivity index (χ0v) is 11.7. The minimum absolute atomic E-state index is 0.255. The SMILES string of the molecule is CC(N)C1CCN(C(=O)C2(C)CCCCN2)CC1. The molecule has 18 heavy (non-hydrogen) atoms. The van der Waals surface area contributed by atoms with Crippen molar-refractivity contribution in [1.82, 2.24) is 10.2 Å². The molecule has 2 unspecified atom stereocenters. The Morgan fingerprint density at radius 1 is 1.39 bits per heavy atom. The Bertz CT molecular complexity index is 289. The first-order valence-electron chi connectivity index (χ1n) is 7.33. The van der Waals surface area contributed by atoms with Crippen LogP contribution in [0.1, 0.15) is 46.0 Å². The molecule has 2 aliphatic heterocycles. The summed E-state index contributed by atoms with van der Waals surface area (Å²) in [6.07, 6.45) is 5.43. The summed E-state index contributed by atoms with van der Waals surface area (Å²) in [7, 11) is 0. The molecule has 0 radical (unpaired) electrons. The summed E-state index contributed by atoms with van der Waals surface area (Å²) in [5, 5.41) is 3.41. The van der Waals surface area contributed by atoms with E-state index in [-0.39, 0.29) is 11.6 Å². The maximum atomic E-state index is 12.6. The summed E-state index contributed by atoms with van der Waals surface area (Å²) < 4.78 is 0. The molecule has 2 atom stereocenters. The molecule has 0 aromatic rings. The van der Waals surface area contributed by atoms with Crippen LogP contribution in [0, 0.1) is 5.92 Å². The van der Waals surface area contributed by atoms with E-state index in [9.17, 15) is 4.79 Å². The van der Waals surface area contributed by atoms with Gasteiger partial charge in [0.05, 0.1) is 5.54 Å². The molecule has 0 aliphatic carbocycles. The largest absolute Gasteiger partial charge is 0.341 e. The third-order valence-corrected chi connectivity index (χ3v) is 4.66. The summed E-state index contributed by atoms with van der Waals surface area (Å²) in [6, 6.07) is 0.255. The van der Waals surface area contributed by atoms with Crippen LogP contribution in [0.25, 0.3) is 0 Å². The molecule has 0 spiro atoms. The number of carbonyl (C=O) groups is 1. The summed E-state index contributed by atoms with van der Waals surface area (Å²) >= 11 is 0. The van der Waals surface area contributed by atoms with Crippen molar-refractivity contribution in [3.05, 3.63) is 0 Å². The van der Waals surface area contributed by atoms with Crippen molar-refractivity contribution in [2.75, 3.05) is 19.6 Å². The predicted octanol–water partition coefficient (Wildman–Crippen LogP) is 1.10. The van der Waals surface area contributed by atoms with Crippen LogP contribution in [0.3, 0.4) is 0 Å². The van der Waals surface area contributed by atoms with E-state index in [1.165, 1.54) is 6.42 Å². The van der Waals surface area contributed by atoms with Gasteiger partial charge >= 0.3 is 0 Å². The minimum Gasteiger partial charge on any atom is -0.341 e. The van der Waals surface area contributed by atoms with Crippen LogP contribution in [0.15, 0.2) is 0 Å². The maximum absolute atomic E-state index is 12.6. The molecule has 2 fully saturated rings. The molecule has 104 valence electrons. The topological polar surface area (TPSA) is 58.4 Å². The van der Waals surface area contributed by atoms with Gasteiger partial charge in [0.2, 0.25) is 5.91 Å². The van der Waals surface area contributed by atoms with E-state index in [1.54, 1.807) is 0 Å². The van der Waals surface area contributed by atoms with Gasteiger partial charge in [0.15, 0.2) is 0 Å². The molecule has 2 saturated heterocycles. The number of amides is 1. The standard InChI is InChI=1S/C14H27N3O/c1-11(15)12-5-9-17(10-6-12)13(18)14(2)7-3-4-8-16-14/h11-12,16H,3-10,15H2,1-2H3. The van der Waals surface area contributed by atoms with Crippen molar-refractivity contribution < 1.29 is 4.79 Å². The van der Waals surface area contributed by atoms with Crippen LogP contribution in [0.4, 0.5) is 0 Å². The van der Waals surface area contributed by atoms with E-state index in [0.717, 1.165) is 45.3 Å². The fraction of sp³-hybridized carbons (Fsp3) is 0.929. The van der Waals surface area contributed by atoms with Gasteiger partial charge in [-0.05, 0) is 58.4 Å². The lowest BCUT2D eigenvalue weighted by Gasteiger charge is -2.41. The maximum Gasteiger partial charge on any atom is 0.242 e. The molecule has 0 aromatic carbocycles. The number of carbonyl (C=O) groups excluding carboxylic acids is 1. The molecule has 3 N–H and O–H groups in total. The Morgan fingerprint density at radius 3 is 2.56 bits per heavy atom.